The Morgan fingerprint density at radius 3 is 2.17 bits per heavy atom. The van der Waals surface area contributed by atoms with Gasteiger partial charge in [0.2, 0.25) is 0 Å². The minimum atomic E-state index is 0.276. The first-order valence-corrected chi connectivity index (χ1v) is 9.15. The van der Waals surface area contributed by atoms with E-state index in [1.54, 1.807) is 0 Å². The van der Waals surface area contributed by atoms with E-state index in [0.29, 0.717) is 17.8 Å². The Hall–Kier alpha value is -1.18. The lowest BCUT2D eigenvalue weighted by molar-refractivity contribution is 0.344. The molecular formula is C21H40N2. The molecule has 0 aliphatic rings. The van der Waals surface area contributed by atoms with Crippen LogP contribution in [0.4, 0.5) is 0 Å². The summed E-state index contributed by atoms with van der Waals surface area (Å²) in [6.07, 6.45) is 8.99. The topological polar surface area (TPSA) is 15.3 Å². The first-order valence-electron chi connectivity index (χ1n) is 9.15. The van der Waals surface area contributed by atoms with Crippen LogP contribution in [0.2, 0.25) is 0 Å². The fraction of sp³-hybridized carbons (Fsp3) is 0.714. The van der Waals surface area contributed by atoms with Gasteiger partial charge in [0.25, 0.3) is 0 Å². The third kappa shape index (κ3) is 8.88. The molecule has 3 atom stereocenters. The maximum atomic E-state index is 4.38. The molecule has 1 N–H and O–H groups in total. The third-order valence-corrected chi connectivity index (χ3v) is 4.45. The van der Waals surface area contributed by atoms with Gasteiger partial charge in [-0.25, -0.2) is 0 Å². The van der Waals surface area contributed by atoms with Crippen LogP contribution < -0.4 is 5.32 Å². The molecule has 0 aromatic rings. The molecule has 0 saturated carbocycles. The number of rotatable bonds is 12. The number of allylic oxidation sites excluding steroid dienone is 3. The quantitative estimate of drug-likeness (QED) is 0.471. The Balaban J connectivity index is 4.87. The summed E-state index contributed by atoms with van der Waals surface area (Å²) in [5.74, 6) is 1.90. The molecular weight excluding hydrogens is 280 g/mol. The van der Waals surface area contributed by atoms with Gasteiger partial charge in [-0.2, -0.15) is 0 Å². The van der Waals surface area contributed by atoms with Crippen molar-refractivity contribution < 1.29 is 0 Å². The van der Waals surface area contributed by atoms with Gasteiger partial charge in [-0.05, 0) is 50.4 Å². The van der Waals surface area contributed by atoms with Crippen LogP contribution in [0.25, 0.3) is 0 Å². The molecule has 134 valence electrons. The number of hydrogen-bond donors (Lipinski definition) is 1. The number of nitrogens with zero attached hydrogens (tertiary/aromatic N) is 1. The Bertz CT molecular complexity index is 379. The molecule has 0 heterocycles. The van der Waals surface area contributed by atoms with Gasteiger partial charge >= 0.3 is 0 Å². The normalized spacial score (nSPS) is 15.5. The fourth-order valence-electron chi connectivity index (χ4n) is 2.97. The predicted molar refractivity (Wildman–Crippen MR) is 105 cm³/mol. The predicted octanol–water partition coefficient (Wildman–Crippen LogP) is 5.60. The summed E-state index contributed by atoms with van der Waals surface area (Å²) in [5, 5.41) is 3.66. The van der Waals surface area contributed by atoms with Crippen molar-refractivity contribution in [3.63, 3.8) is 0 Å². The van der Waals surface area contributed by atoms with E-state index in [-0.39, 0.29) is 6.04 Å². The molecule has 0 aromatic carbocycles. The molecule has 0 spiro atoms. The maximum Gasteiger partial charge on any atom is 0.0649 e. The lowest BCUT2D eigenvalue weighted by atomic mass is 9.85. The van der Waals surface area contributed by atoms with E-state index < -0.39 is 0 Å². The van der Waals surface area contributed by atoms with E-state index >= 15 is 0 Å². The highest BCUT2D eigenvalue weighted by molar-refractivity contribution is 5.10. The van der Waals surface area contributed by atoms with Crippen LogP contribution in [0.3, 0.4) is 0 Å². The zero-order valence-electron chi connectivity index (χ0n) is 16.7. The van der Waals surface area contributed by atoms with Crippen LogP contribution in [0.15, 0.2) is 36.7 Å². The molecule has 0 rings (SSSR count). The van der Waals surface area contributed by atoms with Gasteiger partial charge in [-0.15, -0.1) is 0 Å². The molecule has 0 fully saturated rings. The monoisotopic (exact) mass is 320 g/mol. The molecule has 0 saturated heterocycles. The second-order valence-corrected chi connectivity index (χ2v) is 7.49. The van der Waals surface area contributed by atoms with Crippen molar-refractivity contribution in [3.8, 4) is 0 Å². The van der Waals surface area contributed by atoms with E-state index in [9.17, 15) is 0 Å². The minimum Gasteiger partial charge on any atom is -0.380 e. The summed E-state index contributed by atoms with van der Waals surface area (Å²) in [4.78, 5) is 2.10. The molecule has 0 radical (unpaired) electrons. The Kier molecular flexibility index (Phi) is 10.8. The average Bonchev–Trinajstić information content (AvgIpc) is 2.48. The molecule has 0 aliphatic carbocycles. The van der Waals surface area contributed by atoms with Crippen LogP contribution in [-0.4, -0.2) is 25.0 Å². The van der Waals surface area contributed by atoms with Gasteiger partial charge in [0.1, 0.15) is 0 Å². The zero-order chi connectivity index (χ0) is 18.0. The van der Waals surface area contributed by atoms with Crippen LogP contribution in [0, 0.1) is 17.8 Å². The zero-order valence-corrected chi connectivity index (χ0v) is 16.7. The number of nitrogens with one attached hydrogen (secondary N) is 1. The summed E-state index contributed by atoms with van der Waals surface area (Å²) in [6, 6.07) is 0.276. The van der Waals surface area contributed by atoms with Crippen molar-refractivity contribution in [2.24, 2.45) is 17.8 Å². The molecule has 0 aromatic heterocycles. The number of hydrogen-bond acceptors (Lipinski definition) is 2. The first kappa shape index (κ1) is 21.8. The number of likely N-dealkylation sites (N-methyl/N-ethyl adjacent to an activating group) is 1. The van der Waals surface area contributed by atoms with Crippen LogP contribution in [0.1, 0.15) is 60.3 Å². The van der Waals surface area contributed by atoms with Crippen molar-refractivity contribution in [1.29, 1.82) is 0 Å². The van der Waals surface area contributed by atoms with Gasteiger partial charge < -0.3 is 10.2 Å². The van der Waals surface area contributed by atoms with Crippen LogP contribution >= 0.6 is 0 Å². The van der Waals surface area contributed by atoms with E-state index in [1.807, 2.05) is 0 Å². The third-order valence-electron chi connectivity index (χ3n) is 4.45. The Labute approximate surface area is 145 Å². The Morgan fingerprint density at radius 2 is 1.74 bits per heavy atom. The molecule has 0 amide bonds. The fourth-order valence-corrected chi connectivity index (χ4v) is 2.97. The highest BCUT2D eigenvalue weighted by atomic mass is 15.1. The van der Waals surface area contributed by atoms with Gasteiger partial charge in [0, 0.05) is 25.5 Å². The smallest absolute Gasteiger partial charge is 0.0649 e. The molecule has 0 bridgehead atoms. The second kappa shape index (κ2) is 11.4. The Morgan fingerprint density at radius 1 is 1.13 bits per heavy atom. The SMILES string of the molecule is C=C(NC(CC)C(=C)N(C)C)C(CC(C)C)CC(C)C/C=C/C. The highest BCUT2D eigenvalue weighted by Crippen LogP contribution is 2.27. The minimum absolute atomic E-state index is 0.276. The molecule has 23 heavy (non-hydrogen) atoms. The first-order chi connectivity index (χ1) is 10.7. The molecule has 0 aliphatic heterocycles. The maximum absolute atomic E-state index is 4.38. The van der Waals surface area contributed by atoms with E-state index in [4.69, 9.17) is 0 Å². The van der Waals surface area contributed by atoms with Crippen LogP contribution in [-0.2, 0) is 0 Å². The van der Waals surface area contributed by atoms with Crippen molar-refractivity contribution in [2.45, 2.75) is 66.3 Å². The molecule has 2 heteroatoms. The summed E-state index contributed by atoms with van der Waals surface area (Å²) in [7, 11) is 4.11. The highest BCUT2D eigenvalue weighted by Gasteiger charge is 2.21. The van der Waals surface area contributed by atoms with Crippen molar-refractivity contribution in [2.75, 3.05) is 14.1 Å². The lowest BCUT2D eigenvalue weighted by Gasteiger charge is -2.31. The van der Waals surface area contributed by atoms with E-state index in [0.717, 1.165) is 18.5 Å². The van der Waals surface area contributed by atoms with E-state index in [1.165, 1.54) is 18.5 Å². The second-order valence-electron chi connectivity index (χ2n) is 7.49. The largest absolute Gasteiger partial charge is 0.380 e. The average molecular weight is 321 g/mol. The van der Waals surface area contributed by atoms with Crippen molar-refractivity contribution in [3.05, 3.63) is 36.7 Å². The van der Waals surface area contributed by atoms with Crippen molar-refractivity contribution in [1.82, 2.24) is 10.2 Å². The van der Waals surface area contributed by atoms with E-state index in [2.05, 4.69) is 84.2 Å². The van der Waals surface area contributed by atoms with Gasteiger partial charge in [-0.1, -0.05) is 53.0 Å². The van der Waals surface area contributed by atoms with Gasteiger partial charge in [0.15, 0.2) is 0 Å². The summed E-state index contributed by atoms with van der Waals surface area (Å²) >= 11 is 0. The van der Waals surface area contributed by atoms with Gasteiger partial charge in [-0.3, -0.25) is 0 Å². The van der Waals surface area contributed by atoms with Crippen LogP contribution in [0.5, 0.6) is 0 Å². The van der Waals surface area contributed by atoms with Gasteiger partial charge in [0.05, 0.1) is 6.04 Å². The summed E-state index contributed by atoms with van der Waals surface area (Å²) in [6.45, 7) is 19.8. The molecule has 2 nitrogen and oxygen atoms in total. The standard InChI is InChI=1S/C21H40N2/c1-10-12-13-17(5)15-20(14-16(3)4)18(6)22-21(11-2)19(7)23(8)9/h10,12,16-17,20-22H,6-7,11,13-15H2,1-5,8-9H3/b12-10+. The summed E-state index contributed by atoms with van der Waals surface area (Å²) < 4.78 is 0. The summed E-state index contributed by atoms with van der Waals surface area (Å²) in [5.41, 5.74) is 2.31. The molecule has 3 unspecified atom stereocenters. The lowest BCUT2D eigenvalue weighted by Crippen LogP contribution is -2.37. The van der Waals surface area contributed by atoms with Crippen molar-refractivity contribution >= 4 is 0 Å².